The van der Waals surface area contributed by atoms with Crippen molar-refractivity contribution in [2.75, 3.05) is 26.2 Å². The monoisotopic (exact) mass is 397 g/mol. The molecular weight excluding hydrogens is 373 g/mol. The minimum atomic E-state index is -0.326. The third kappa shape index (κ3) is 4.40. The van der Waals surface area contributed by atoms with Crippen molar-refractivity contribution in [2.45, 2.75) is 18.9 Å². The first-order valence-corrected chi connectivity index (χ1v) is 9.86. The highest BCUT2D eigenvalue weighted by atomic mass is 19.1. The lowest BCUT2D eigenvalue weighted by Gasteiger charge is -2.47. The van der Waals surface area contributed by atoms with Crippen LogP contribution in [-0.4, -0.2) is 53.8 Å². The molecule has 2 N–H and O–H groups in total. The van der Waals surface area contributed by atoms with Gasteiger partial charge in [0.05, 0.1) is 0 Å². The van der Waals surface area contributed by atoms with Crippen LogP contribution in [0, 0.1) is 11.7 Å². The second-order valence-corrected chi connectivity index (χ2v) is 7.66. The summed E-state index contributed by atoms with van der Waals surface area (Å²) in [6, 6.07) is 13.1. The lowest BCUT2D eigenvalue weighted by molar-refractivity contribution is -0.123. The first-order chi connectivity index (χ1) is 14.0. The van der Waals surface area contributed by atoms with E-state index < -0.39 is 0 Å². The molecule has 29 heavy (non-hydrogen) atoms. The van der Waals surface area contributed by atoms with Crippen LogP contribution in [0.3, 0.4) is 0 Å². The number of piperidine rings is 1. The number of benzene rings is 2. The maximum atomic E-state index is 13.0. The van der Waals surface area contributed by atoms with Gasteiger partial charge in [0.2, 0.25) is 5.91 Å². The van der Waals surface area contributed by atoms with E-state index in [2.05, 4.69) is 4.90 Å². The number of amides is 2. The quantitative estimate of drug-likeness (QED) is 0.842. The van der Waals surface area contributed by atoms with E-state index >= 15 is 0 Å². The summed E-state index contributed by atoms with van der Waals surface area (Å²) in [6.07, 6.45) is 1.59. The van der Waals surface area contributed by atoms with Crippen molar-refractivity contribution in [3.63, 3.8) is 0 Å². The number of likely N-dealkylation sites (tertiary alicyclic amines) is 2. The molecule has 0 bridgehead atoms. The highest BCUT2D eigenvalue weighted by molar-refractivity contribution is 5.95. The molecule has 2 aromatic carbocycles. The van der Waals surface area contributed by atoms with Crippen molar-refractivity contribution >= 4 is 11.8 Å². The smallest absolute Gasteiger partial charge is 0.254 e. The fraction of sp³-hybridized carbons (Fsp3) is 0.364. The molecule has 0 spiro atoms. The van der Waals surface area contributed by atoms with E-state index in [0.29, 0.717) is 36.2 Å². The lowest BCUT2D eigenvalue weighted by Crippen LogP contribution is -2.62. The van der Waals surface area contributed by atoms with Crippen LogP contribution in [0.1, 0.15) is 23.2 Å². The van der Waals surface area contributed by atoms with Gasteiger partial charge in [0.1, 0.15) is 17.3 Å². The zero-order valence-corrected chi connectivity index (χ0v) is 16.1. The van der Waals surface area contributed by atoms with Crippen LogP contribution in [-0.2, 0) is 4.79 Å². The summed E-state index contributed by atoms with van der Waals surface area (Å²) >= 11 is 0. The molecule has 0 radical (unpaired) electrons. The molecule has 0 aliphatic carbocycles. The second-order valence-electron chi connectivity index (χ2n) is 7.66. The van der Waals surface area contributed by atoms with E-state index in [4.69, 9.17) is 10.5 Å². The van der Waals surface area contributed by atoms with E-state index in [-0.39, 0.29) is 23.5 Å². The Balaban J connectivity index is 1.32. The summed E-state index contributed by atoms with van der Waals surface area (Å²) in [5.41, 5.74) is 5.96. The number of ether oxygens (including phenoxy) is 1. The Labute approximate surface area is 169 Å². The summed E-state index contributed by atoms with van der Waals surface area (Å²) < 4.78 is 18.7. The maximum Gasteiger partial charge on any atom is 0.254 e. The molecule has 4 rings (SSSR count). The molecule has 2 aliphatic heterocycles. The predicted molar refractivity (Wildman–Crippen MR) is 106 cm³/mol. The Morgan fingerprint density at radius 1 is 1.00 bits per heavy atom. The van der Waals surface area contributed by atoms with Gasteiger partial charge in [-0.15, -0.1) is 0 Å². The van der Waals surface area contributed by atoms with Gasteiger partial charge < -0.3 is 15.4 Å². The standard InChI is InChI=1S/C22H24FN3O3/c23-17-4-6-19(7-5-17)29-20-3-1-2-16(12-20)22(28)26-13-18(14-26)25-10-8-15(9-11-25)21(24)27/h1-7,12,15,18H,8-11,13-14H2,(H2,24,27). The maximum absolute atomic E-state index is 13.0. The zero-order chi connectivity index (χ0) is 20.4. The number of carbonyl (C=O) groups is 2. The van der Waals surface area contributed by atoms with Crippen LogP contribution in [0.4, 0.5) is 4.39 Å². The number of halogens is 1. The molecule has 2 aromatic rings. The number of carbonyl (C=O) groups excluding carboxylic acids is 2. The van der Waals surface area contributed by atoms with Gasteiger partial charge in [-0.1, -0.05) is 6.07 Å². The Kier molecular flexibility index (Phi) is 5.49. The van der Waals surface area contributed by atoms with E-state index in [9.17, 15) is 14.0 Å². The topological polar surface area (TPSA) is 75.9 Å². The molecule has 2 aliphatic rings. The molecule has 2 fully saturated rings. The van der Waals surface area contributed by atoms with E-state index in [1.807, 2.05) is 4.90 Å². The number of primary amides is 1. The third-order valence-corrected chi connectivity index (χ3v) is 5.73. The summed E-state index contributed by atoms with van der Waals surface area (Å²) in [7, 11) is 0. The molecular formula is C22H24FN3O3. The molecule has 152 valence electrons. The first-order valence-electron chi connectivity index (χ1n) is 9.86. The summed E-state index contributed by atoms with van der Waals surface area (Å²) in [4.78, 5) is 28.2. The molecule has 6 nitrogen and oxygen atoms in total. The molecule has 2 amide bonds. The van der Waals surface area contributed by atoms with Gasteiger partial charge in [-0.3, -0.25) is 14.5 Å². The van der Waals surface area contributed by atoms with Crippen LogP contribution >= 0.6 is 0 Å². The molecule has 2 saturated heterocycles. The highest BCUT2D eigenvalue weighted by Gasteiger charge is 2.37. The van der Waals surface area contributed by atoms with Gasteiger partial charge >= 0.3 is 0 Å². The molecule has 0 saturated carbocycles. The van der Waals surface area contributed by atoms with Crippen LogP contribution in [0.25, 0.3) is 0 Å². The fourth-order valence-corrected chi connectivity index (χ4v) is 3.92. The molecule has 2 heterocycles. The van der Waals surface area contributed by atoms with Gasteiger partial charge in [0.25, 0.3) is 5.91 Å². The first kappa shape index (κ1) is 19.4. The van der Waals surface area contributed by atoms with Gasteiger partial charge in [-0.25, -0.2) is 4.39 Å². The van der Waals surface area contributed by atoms with Crippen molar-refractivity contribution in [3.8, 4) is 11.5 Å². The predicted octanol–water partition coefficient (Wildman–Crippen LogP) is 2.64. The number of nitrogens with two attached hydrogens (primary N) is 1. The Morgan fingerprint density at radius 3 is 2.34 bits per heavy atom. The number of hydrogen-bond acceptors (Lipinski definition) is 4. The minimum absolute atomic E-state index is 0.0205. The van der Waals surface area contributed by atoms with Gasteiger partial charge in [-0.2, -0.15) is 0 Å². The molecule has 0 atom stereocenters. The van der Waals surface area contributed by atoms with Crippen LogP contribution in [0.15, 0.2) is 48.5 Å². The van der Waals surface area contributed by atoms with E-state index in [0.717, 1.165) is 25.9 Å². The average molecular weight is 397 g/mol. The van der Waals surface area contributed by atoms with E-state index in [1.54, 1.807) is 36.4 Å². The third-order valence-electron chi connectivity index (χ3n) is 5.73. The summed E-state index contributed by atoms with van der Waals surface area (Å²) in [5, 5.41) is 0. The highest BCUT2D eigenvalue weighted by Crippen LogP contribution is 2.26. The Hall–Kier alpha value is -2.93. The summed E-state index contributed by atoms with van der Waals surface area (Å²) in [6.45, 7) is 3.06. The number of hydrogen-bond donors (Lipinski definition) is 1. The number of rotatable bonds is 5. The summed E-state index contributed by atoms with van der Waals surface area (Å²) in [5.74, 6) is 0.462. The normalized spacial score (nSPS) is 18.3. The van der Waals surface area contributed by atoms with Gasteiger partial charge in [0.15, 0.2) is 0 Å². The van der Waals surface area contributed by atoms with Gasteiger partial charge in [-0.05, 0) is 68.4 Å². The second kappa shape index (κ2) is 8.21. The van der Waals surface area contributed by atoms with Crippen molar-refractivity contribution in [1.82, 2.24) is 9.80 Å². The fourth-order valence-electron chi connectivity index (χ4n) is 3.92. The number of nitrogens with zero attached hydrogens (tertiary/aromatic N) is 2. The zero-order valence-electron chi connectivity index (χ0n) is 16.1. The van der Waals surface area contributed by atoms with Crippen molar-refractivity contribution in [1.29, 1.82) is 0 Å². The van der Waals surface area contributed by atoms with Crippen molar-refractivity contribution in [3.05, 3.63) is 59.9 Å². The average Bonchev–Trinajstić information content (AvgIpc) is 2.69. The lowest BCUT2D eigenvalue weighted by atomic mass is 9.93. The van der Waals surface area contributed by atoms with Crippen molar-refractivity contribution < 1.29 is 18.7 Å². The van der Waals surface area contributed by atoms with Crippen LogP contribution in [0.5, 0.6) is 11.5 Å². The van der Waals surface area contributed by atoms with Crippen LogP contribution < -0.4 is 10.5 Å². The molecule has 0 aromatic heterocycles. The van der Waals surface area contributed by atoms with Crippen LogP contribution in [0.2, 0.25) is 0 Å². The van der Waals surface area contributed by atoms with E-state index in [1.165, 1.54) is 12.1 Å². The van der Waals surface area contributed by atoms with Gasteiger partial charge in [0, 0.05) is 30.6 Å². The Morgan fingerprint density at radius 2 is 1.69 bits per heavy atom. The molecule has 7 heteroatoms. The van der Waals surface area contributed by atoms with Crippen molar-refractivity contribution in [2.24, 2.45) is 11.7 Å². The molecule has 0 unspecified atom stereocenters. The SMILES string of the molecule is NC(=O)C1CCN(C2CN(C(=O)c3cccc(Oc4ccc(F)cc4)c3)C2)CC1. The largest absolute Gasteiger partial charge is 0.457 e. The Bertz CT molecular complexity index is 888. The minimum Gasteiger partial charge on any atom is -0.457 e.